The fourth-order valence-corrected chi connectivity index (χ4v) is 3.84. The standard InChI is InChI=1S/C24H32FN3OS/c1-4-5-11-21(22(26)18-12-14-19(25)15-13-18)24(2,23(29)27-16-17-30-3)28-20-9-7-6-8-10-20/h6-10,12-15,21,26,28H,4-5,11,16-17H2,1-3H3,(H,27,29). The molecule has 0 spiro atoms. The van der Waals surface area contributed by atoms with Crippen LogP contribution in [0.5, 0.6) is 0 Å². The van der Waals surface area contributed by atoms with Crippen LogP contribution in [0.3, 0.4) is 0 Å². The second-order valence-corrected chi connectivity index (χ2v) is 8.54. The molecule has 2 unspecified atom stereocenters. The monoisotopic (exact) mass is 429 g/mol. The lowest BCUT2D eigenvalue weighted by Gasteiger charge is -2.38. The predicted octanol–water partition coefficient (Wildman–Crippen LogP) is 5.35. The minimum Gasteiger partial charge on any atom is -0.371 e. The number of rotatable bonds is 12. The Labute approximate surface area is 183 Å². The molecule has 2 aromatic rings. The van der Waals surface area contributed by atoms with E-state index in [1.165, 1.54) is 12.1 Å². The smallest absolute Gasteiger partial charge is 0.246 e. The van der Waals surface area contributed by atoms with E-state index >= 15 is 0 Å². The van der Waals surface area contributed by atoms with Gasteiger partial charge in [0.05, 0.1) is 0 Å². The van der Waals surface area contributed by atoms with Crippen LogP contribution in [0.15, 0.2) is 54.6 Å². The Morgan fingerprint density at radius 2 is 1.83 bits per heavy atom. The van der Waals surface area contributed by atoms with Crippen molar-refractivity contribution >= 4 is 29.1 Å². The van der Waals surface area contributed by atoms with Gasteiger partial charge in [-0.3, -0.25) is 4.79 Å². The second kappa shape index (κ2) is 11.7. The van der Waals surface area contributed by atoms with E-state index in [0.717, 1.165) is 24.3 Å². The SMILES string of the molecule is CCCCC(C(=N)c1ccc(F)cc1)C(C)(Nc1ccccc1)C(=O)NCCSC. The maximum atomic E-state index is 13.4. The normalized spacial score (nSPS) is 13.9. The Kier molecular flexibility index (Phi) is 9.37. The van der Waals surface area contributed by atoms with Crippen LogP contribution in [0.4, 0.5) is 10.1 Å². The third-order valence-corrected chi connectivity index (χ3v) is 5.90. The molecule has 0 saturated heterocycles. The van der Waals surface area contributed by atoms with Gasteiger partial charge >= 0.3 is 0 Å². The largest absolute Gasteiger partial charge is 0.371 e. The van der Waals surface area contributed by atoms with Crippen molar-refractivity contribution in [3.05, 3.63) is 66.0 Å². The van der Waals surface area contributed by atoms with Crippen LogP contribution in [-0.4, -0.2) is 35.7 Å². The molecule has 0 fully saturated rings. The van der Waals surface area contributed by atoms with Crippen LogP contribution < -0.4 is 10.6 Å². The van der Waals surface area contributed by atoms with Crippen molar-refractivity contribution in [1.82, 2.24) is 5.32 Å². The Morgan fingerprint density at radius 1 is 1.17 bits per heavy atom. The quantitative estimate of drug-likeness (QED) is 0.315. The van der Waals surface area contributed by atoms with E-state index in [-0.39, 0.29) is 17.6 Å². The number of nitrogens with one attached hydrogen (secondary N) is 3. The zero-order valence-corrected chi connectivity index (χ0v) is 18.8. The minimum absolute atomic E-state index is 0.131. The van der Waals surface area contributed by atoms with Crippen LogP contribution in [-0.2, 0) is 4.79 Å². The number of para-hydroxylation sites is 1. The van der Waals surface area contributed by atoms with Gasteiger partial charge in [-0.2, -0.15) is 11.8 Å². The minimum atomic E-state index is -1.03. The number of unbranched alkanes of at least 4 members (excludes halogenated alkanes) is 1. The Morgan fingerprint density at radius 3 is 2.43 bits per heavy atom. The molecular formula is C24H32FN3OS. The molecule has 0 radical (unpaired) electrons. The van der Waals surface area contributed by atoms with Gasteiger partial charge in [0, 0.05) is 29.6 Å². The number of benzene rings is 2. The van der Waals surface area contributed by atoms with Gasteiger partial charge in [-0.15, -0.1) is 0 Å². The Hall–Kier alpha value is -2.34. The highest BCUT2D eigenvalue weighted by Crippen LogP contribution is 2.31. The first-order valence-electron chi connectivity index (χ1n) is 10.4. The number of anilines is 1. The molecule has 0 aliphatic carbocycles. The fraction of sp³-hybridized carbons (Fsp3) is 0.417. The number of carbonyl (C=O) groups excluding carboxylic acids is 1. The zero-order chi connectivity index (χ0) is 22.0. The highest BCUT2D eigenvalue weighted by atomic mass is 32.2. The van der Waals surface area contributed by atoms with E-state index in [1.54, 1.807) is 23.9 Å². The highest BCUT2D eigenvalue weighted by Gasteiger charge is 2.43. The van der Waals surface area contributed by atoms with Gasteiger partial charge in [-0.25, -0.2) is 4.39 Å². The highest BCUT2D eigenvalue weighted by molar-refractivity contribution is 7.98. The fourth-order valence-electron chi connectivity index (χ4n) is 3.53. The molecule has 6 heteroatoms. The van der Waals surface area contributed by atoms with E-state index < -0.39 is 5.54 Å². The molecule has 0 bridgehead atoms. The molecule has 0 saturated carbocycles. The summed E-state index contributed by atoms with van der Waals surface area (Å²) in [5.74, 6) is -0.0234. The summed E-state index contributed by atoms with van der Waals surface area (Å²) < 4.78 is 13.4. The van der Waals surface area contributed by atoms with E-state index in [2.05, 4.69) is 17.6 Å². The van der Waals surface area contributed by atoms with Crippen molar-refractivity contribution in [1.29, 1.82) is 5.41 Å². The topological polar surface area (TPSA) is 65.0 Å². The van der Waals surface area contributed by atoms with Crippen molar-refractivity contribution in [2.45, 2.75) is 38.6 Å². The van der Waals surface area contributed by atoms with Gasteiger partial charge in [0.2, 0.25) is 5.91 Å². The molecule has 3 N–H and O–H groups in total. The van der Waals surface area contributed by atoms with Gasteiger partial charge < -0.3 is 16.0 Å². The molecule has 2 aromatic carbocycles. The summed E-state index contributed by atoms with van der Waals surface area (Å²) >= 11 is 1.67. The van der Waals surface area contributed by atoms with Crippen molar-refractivity contribution in [2.24, 2.45) is 5.92 Å². The molecule has 4 nitrogen and oxygen atoms in total. The molecule has 0 aliphatic rings. The summed E-state index contributed by atoms with van der Waals surface area (Å²) in [6, 6.07) is 15.6. The third kappa shape index (κ3) is 6.33. The lowest BCUT2D eigenvalue weighted by molar-refractivity contribution is -0.125. The summed E-state index contributed by atoms with van der Waals surface area (Å²) in [4.78, 5) is 13.4. The van der Waals surface area contributed by atoms with E-state index in [9.17, 15) is 9.18 Å². The zero-order valence-electron chi connectivity index (χ0n) is 18.0. The summed E-state index contributed by atoms with van der Waals surface area (Å²) in [6.45, 7) is 4.53. The molecule has 0 aromatic heterocycles. The maximum absolute atomic E-state index is 13.4. The predicted molar refractivity (Wildman–Crippen MR) is 126 cm³/mol. The summed E-state index contributed by atoms with van der Waals surface area (Å²) in [6.07, 6.45) is 4.53. The molecule has 2 rings (SSSR count). The van der Waals surface area contributed by atoms with Crippen LogP contribution in [0.25, 0.3) is 0 Å². The van der Waals surface area contributed by atoms with Crippen LogP contribution in [0.2, 0.25) is 0 Å². The summed E-state index contributed by atoms with van der Waals surface area (Å²) in [5, 5.41) is 15.4. The van der Waals surface area contributed by atoms with Gasteiger partial charge in [0.1, 0.15) is 11.4 Å². The second-order valence-electron chi connectivity index (χ2n) is 7.56. The van der Waals surface area contributed by atoms with E-state index in [4.69, 9.17) is 5.41 Å². The maximum Gasteiger partial charge on any atom is 0.246 e. The number of hydrogen-bond donors (Lipinski definition) is 3. The molecule has 2 atom stereocenters. The number of amides is 1. The van der Waals surface area contributed by atoms with Gasteiger partial charge in [0.15, 0.2) is 0 Å². The van der Waals surface area contributed by atoms with Gasteiger partial charge in [0.25, 0.3) is 0 Å². The van der Waals surface area contributed by atoms with Crippen molar-refractivity contribution in [3.8, 4) is 0 Å². The van der Waals surface area contributed by atoms with Crippen molar-refractivity contribution < 1.29 is 9.18 Å². The summed E-state index contributed by atoms with van der Waals surface area (Å²) in [7, 11) is 0. The van der Waals surface area contributed by atoms with Crippen LogP contribution in [0.1, 0.15) is 38.7 Å². The molecule has 30 heavy (non-hydrogen) atoms. The van der Waals surface area contributed by atoms with Crippen molar-refractivity contribution in [2.75, 3.05) is 23.9 Å². The Balaban J connectivity index is 2.43. The number of halogens is 1. The number of hydrogen-bond acceptors (Lipinski definition) is 4. The molecule has 1 amide bonds. The van der Waals surface area contributed by atoms with E-state index in [1.807, 2.05) is 43.5 Å². The van der Waals surface area contributed by atoms with Crippen LogP contribution >= 0.6 is 11.8 Å². The lowest BCUT2D eigenvalue weighted by atomic mass is 9.75. The van der Waals surface area contributed by atoms with Crippen LogP contribution in [0, 0.1) is 17.1 Å². The third-order valence-electron chi connectivity index (χ3n) is 5.29. The molecule has 0 heterocycles. The average molecular weight is 430 g/mol. The molecular weight excluding hydrogens is 397 g/mol. The first-order chi connectivity index (χ1) is 14.4. The van der Waals surface area contributed by atoms with Gasteiger partial charge in [-0.05, 0) is 49.4 Å². The van der Waals surface area contributed by atoms with Crippen molar-refractivity contribution in [3.63, 3.8) is 0 Å². The number of thioether (sulfide) groups is 1. The van der Waals surface area contributed by atoms with E-state index in [0.29, 0.717) is 24.2 Å². The molecule has 0 aliphatic heterocycles. The molecule has 162 valence electrons. The van der Waals surface area contributed by atoms with Gasteiger partial charge in [-0.1, -0.05) is 50.1 Å². The number of carbonyl (C=O) groups is 1. The lowest BCUT2D eigenvalue weighted by Crippen LogP contribution is -2.57. The summed E-state index contributed by atoms with van der Waals surface area (Å²) in [5.41, 5.74) is 0.777. The first-order valence-corrected chi connectivity index (χ1v) is 11.8. The Bertz CT molecular complexity index is 813. The first kappa shape index (κ1) is 23.9. The average Bonchev–Trinajstić information content (AvgIpc) is 2.75.